The lowest BCUT2D eigenvalue weighted by atomic mass is 9.67. The summed E-state index contributed by atoms with van der Waals surface area (Å²) in [6, 6.07) is 1.15. The molecule has 2 saturated carbocycles. The highest BCUT2D eigenvalue weighted by atomic mass is 16.2. The number of urea groups is 1. The van der Waals surface area contributed by atoms with Crippen LogP contribution in [0.2, 0.25) is 0 Å². The van der Waals surface area contributed by atoms with Crippen molar-refractivity contribution in [3.05, 3.63) is 0 Å². The molecule has 4 unspecified atom stereocenters. The van der Waals surface area contributed by atoms with E-state index in [2.05, 4.69) is 31.0 Å². The van der Waals surface area contributed by atoms with E-state index in [9.17, 15) is 4.79 Å². The van der Waals surface area contributed by atoms with Crippen LogP contribution in [-0.2, 0) is 0 Å². The molecule has 0 spiro atoms. The summed E-state index contributed by atoms with van der Waals surface area (Å²) in [5, 5.41) is 3.18. The first-order valence-electron chi connectivity index (χ1n) is 10.3. The fourth-order valence-electron chi connectivity index (χ4n) is 4.24. The molecule has 3 aliphatic rings. The average Bonchev–Trinajstić information content (AvgIpc) is 2.95. The first-order chi connectivity index (χ1) is 11.2. The summed E-state index contributed by atoms with van der Waals surface area (Å²) in [4.78, 5) is 14.0. The standard InChI is InChI=1S/C13H22N2O.C3H8.2C2H6/c1-2-15-12-10-6-4-3-5-9(10)7-8-11(12)14-13(15)16;1-3-2;2*1-2/h9-12H,2-8H2,1H3,(H,14,16);3H2,1-2H3;2*1-2H3. The lowest BCUT2D eigenvalue weighted by Gasteiger charge is -2.44. The Morgan fingerprint density at radius 2 is 1.52 bits per heavy atom. The fraction of sp³-hybridized carbons (Fsp3) is 0.950. The van der Waals surface area contributed by atoms with Gasteiger partial charge >= 0.3 is 6.03 Å². The topological polar surface area (TPSA) is 32.3 Å². The van der Waals surface area contributed by atoms with Crippen molar-refractivity contribution in [2.24, 2.45) is 11.8 Å². The first kappa shape index (κ1) is 22.3. The van der Waals surface area contributed by atoms with Crippen molar-refractivity contribution < 1.29 is 4.79 Å². The molecule has 3 nitrogen and oxygen atoms in total. The number of nitrogens with zero attached hydrogens (tertiary/aromatic N) is 1. The second-order valence-corrected chi connectivity index (χ2v) is 6.33. The molecule has 3 heteroatoms. The summed E-state index contributed by atoms with van der Waals surface area (Å²) >= 11 is 0. The minimum atomic E-state index is 0.184. The van der Waals surface area contributed by atoms with Crippen LogP contribution in [0.3, 0.4) is 0 Å². The van der Waals surface area contributed by atoms with Crippen molar-refractivity contribution in [1.29, 1.82) is 0 Å². The van der Waals surface area contributed by atoms with Gasteiger partial charge in [0.1, 0.15) is 0 Å². The van der Waals surface area contributed by atoms with E-state index in [4.69, 9.17) is 0 Å². The number of hydrogen-bond acceptors (Lipinski definition) is 1. The van der Waals surface area contributed by atoms with Crippen molar-refractivity contribution in [2.75, 3.05) is 6.54 Å². The third-order valence-corrected chi connectivity index (χ3v) is 4.94. The molecule has 1 heterocycles. The van der Waals surface area contributed by atoms with Crippen molar-refractivity contribution in [2.45, 2.75) is 105 Å². The Balaban J connectivity index is 0.000000609. The summed E-state index contributed by atoms with van der Waals surface area (Å²) in [5.41, 5.74) is 0. The molecule has 0 aromatic rings. The molecule has 3 rings (SSSR count). The van der Waals surface area contributed by atoms with Gasteiger partial charge in [0.25, 0.3) is 0 Å². The van der Waals surface area contributed by atoms with Crippen molar-refractivity contribution in [1.82, 2.24) is 10.2 Å². The van der Waals surface area contributed by atoms with Gasteiger partial charge in [0, 0.05) is 6.54 Å². The number of amides is 2. The number of rotatable bonds is 1. The van der Waals surface area contributed by atoms with E-state index in [1.165, 1.54) is 44.9 Å². The normalized spacial score (nSPS) is 30.9. The van der Waals surface area contributed by atoms with Crippen molar-refractivity contribution >= 4 is 6.03 Å². The maximum atomic E-state index is 11.9. The molecule has 1 saturated heterocycles. The van der Waals surface area contributed by atoms with Crippen molar-refractivity contribution in [3.8, 4) is 0 Å². The van der Waals surface area contributed by atoms with E-state index in [-0.39, 0.29) is 6.03 Å². The summed E-state index contributed by atoms with van der Waals surface area (Å²) in [6.07, 6.45) is 9.32. The van der Waals surface area contributed by atoms with E-state index >= 15 is 0 Å². The Morgan fingerprint density at radius 3 is 2.09 bits per heavy atom. The maximum absolute atomic E-state index is 11.9. The summed E-state index contributed by atoms with van der Waals surface area (Å²) in [7, 11) is 0. The molecular weight excluding hydrogens is 284 g/mol. The van der Waals surface area contributed by atoms with Gasteiger partial charge in [0.15, 0.2) is 0 Å². The van der Waals surface area contributed by atoms with Gasteiger partial charge in [-0.05, 0) is 38.0 Å². The van der Waals surface area contributed by atoms with E-state index in [1.807, 2.05) is 27.7 Å². The third-order valence-electron chi connectivity index (χ3n) is 4.94. The van der Waals surface area contributed by atoms with Gasteiger partial charge in [-0.15, -0.1) is 0 Å². The van der Waals surface area contributed by atoms with E-state index < -0.39 is 0 Å². The number of nitrogens with one attached hydrogen (secondary N) is 1. The van der Waals surface area contributed by atoms with E-state index in [0.717, 1.165) is 18.4 Å². The van der Waals surface area contributed by atoms with Crippen LogP contribution in [0.5, 0.6) is 0 Å². The van der Waals surface area contributed by atoms with Crippen LogP contribution in [0.1, 0.15) is 93.4 Å². The summed E-state index contributed by atoms with van der Waals surface area (Å²) in [6.45, 7) is 15.2. The number of carbonyl (C=O) groups is 1. The predicted molar refractivity (Wildman–Crippen MR) is 102 cm³/mol. The zero-order valence-electron chi connectivity index (χ0n) is 16.8. The molecular formula is C20H42N2O. The van der Waals surface area contributed by atoms with Crippen LogP contribution in [0.15, 0.2) is 0 Å². The van der Waals surface area contributed by atoms with Gasteiger partial charge in [0.05, 0.1) is 12.1 Å². The monoisotopic (exact) mass is 326 g/mol. The van der Waals surface area contributed by atoms with Gasteiger partial charge < -0.3 is 10.2 Å². The van der Waals surface area contributed by atoms with Gasteiger partial charge in [-0.3, -0.25) is 0 Å². The SMILES string of the molecule is CC.CC.CCC.CCN1C(=O)NC2CCC3CCCCC3C21. The van der Waals surface area contributed by atoms with Crippen molar-refractivity contribution in [3.63, 3.8) is 0 Å². The molecule has 138 valence electrons. The zero-order chi connectivity index (χ0) is 17.8. The first-order valence-corrected chi connectivity index (χ1v) is 10.3. The summed E-state index contributed by atoms with van der Waals surface area (Å²) < 4.78 is 0. The minimum Gasteiger partial charge on any atom is -0.333 e. The molecule has 0 bridgehead atoms. The van der Waals surface area contributed by atoms with E-state index in [1.54, 1.807) is 0 Å². The maximum Gasteiger partial charge on any atom is 0.318 e. The van der Waals surface area contributed by atoms with Gasteiger partial charge in [-0.25, -0.2) is 4.79 Å². The Labute approximate surface area is 145 Å². The Kier molecular flexibility index (Phi) is 12.3. The minimum absolute atomic E-state index is 0.184. The zero-order valence-corrected chi connectivity index (χ0v) is 16.8. The van der Waals surface area contributed by atoms with Crippen LogP contribution < -0.4 is 5.32 Å². The molecule has 2 amide bonds. The van der Waals surface area contributed by atoms with E-state index in [0.29, 0.717) is 12.1 Å². The summed E-state index contributed by atoms with van der Waals surface area (Å²) in [5.74, 6) is 1.68. The number of hydrogen-bond donors (Lipinski definition) is 1. The average molecular weight is 327 g/mol. The number of fused-ring (bicyclic) bond motifs is 3. The highest BCUT2D eigenvalue weighted by Gasteiger charge is 2.48. The number of carbonyl (C=O) groups excluding carboxylic acids is 1. The Hall–Kier alpha value is -0.730. The van der Waals surface area contributed by atoms with Crippen LogP contribution in [0.4, 0.5) is 4.79 Å². The molecule has 0 radical (unpaired) electrons. The quantitative estimate of drug-likeness (QED) is 0.645. The highest BCUT2D eigenvalue weighted by molar-refractivity contribution is 5.77. The molecule has 0 aromatic heterocycles. The third kappa shape index (κ3) is 5.69. The molecule has 1 aliphatic heterocycles. The second kappa shape index (κ2) is 12.7. The molecule has 4 atom stereocenters. The Bertz CT molecular complexity index is 306. The lowest BCUT2D eigenvalue weighted by molar-refractivity contribution is 0.0743. The fourth-order valence-corrected chi connectivity index (χ4v) is 4.24. The highest BCUT2D eigenvalue weighted by Crippen LogP contribution is 2.44. The van der Waals surface area contributed by atoms with Crippen LogP contribution >= 0.6 is 0 Å². The lowest BCUT2D eigenvalue weighted by Crippen LogP contribution is -2.49. The van der Waals surface area contributed by atoms with Gasteiger partial charge in [-0.1, -0.05) is 67.2 Å². The van der Waals surface area contributed by atoms with Gasteiger partial charge in [-0.2, -0.15) is 0 Å². The molecule has 23 heavy (non-hydrogen) atoms. The predicted octanol–water partition coefficient (Wildman–Crippen LogP) is 5.84. The molecule has 2 aliphatic carbocycles. The second-order valence-electron chi connectivity index (χ2n) is 6.33. The smallest absolute Gasteiger partial charge is 0.318 e. The Morgan fingerprint density at radius 1 is 0.957 bits per heavy atom. The van der Waals surface area contributed by atoms with Gasteiger partial charge in [0.2, 0.25) is 0 Å². The molecule has 3 fully saturated rings. The van der Waals surface area contributed by atoms with Crippen LogP contribution in [-0.4, -0.2) is 29.6 Å². The largest absolute Gasteiger partial charge is 0.333 e. The molecule has 1 N–H and O–H groups in total. The number of likely N-dealkylation sites (N-methyl/N-ethyl adjacent to an activating group) is 1. The van der Waals surface area contributed by atoms with Crippen LogP contribution in [0, 0.1) is 11.8 Å². The van der Waals surface area contributed by atoms with Crippen LogP contribution in [0.25, 0.3) is 0 Å². The molecule has 0 aromatic carbocycles.